The number of carbonyl (C=O) groups excluding carboxylic acids is 2. The van der Waals surface area contributed by atoms with Gasteiger partial charge in [0.1, 0.15) is 5.75 Å². The standard InChI is InChI=1S/C20H23N5O4S2/c1-4-28-15-9-7-6-8-14(15)18-23-24-20(25(18)3)31-12-16(26)22-19-21-13(11-30-19)10-17(27)29-5-2/h6-9,11H,4-5,10,12H2,1-3H3,(H,21,22,26). The third-order valence-corrected chi connectivity index (χ3v) is 5.85. The quantitative estimate of drug-likeness (QED) is 0.362. The van der Waals surface area contributed by atoms with Crippen LogP contribution in [0, 0.1) is 0 Å². The summed E-state index contributed by atoms with van der Waals surface area (Å²) in [5.41, 5.74) is 1.41. The number of hydrogen-bond acceptors (Lipinski definition) is 9. The van der Waals surface area contributed by atoms with E-state index in [0.717, 1.165) is 11.3 Å². The molecule has 11 heteroatoms. The Morgan fingerprint density at radius 2 is 2.00 bits per heavy atom. The maximum absolute atomic E-state index is 12.3. The number of benzene rings is 1. The third kappa shape index (κ3) is 6.05. The maximum atomic E-state index is 12.3. The molecule has 0 aliphatic rings. The molecule has 9 nitrogen and oxygen atoms in total. The van der Waals surface area contributed by atoms with Crippen molar-refractivity contribution in [3.8, 4) is 17.1 Å². The minimum absolute atomic E-state index is 0.0832. The molecule has 0 spiro atoms. The lowest BCUT2D eigenvalue weighted by Crippen LogP contribution is -2.14. The van der Waals surface area contributed by atoms with E-state index in [2.05, 4.69) is 20.5 Å². The predicted molar refractivity (Wildman–Crippen MR) is 119 cm³/mol. The van der Waals surface area contributed by atoms with Gasteiger partial charge in [0, 0.05) is 12.4 Å². The number of aromatic nitrogens is 4. The number of hydrogen-bond donors (Lipinski definition) is 1. The fourth-order valence-corrected chi connectivity index (χ4v) is 4.14. The highest BCUT2D eigenvalue weighted by Crippen LogP contribution is 2.30. The van der Waals surface area contributed by atoms with Gasteiger partial charge in [-0.05, 0) is 26.0 Å². The molecule has 0 unspecified atom stereocenters. The summed E-state index contributed by atoms with van der Waals surface area (Å²) in [5, 5.41) is 14.0. The molecule has 0 aliphatic heterocycles. The number of anilines is 1. The number of thiazole rings is 1. The number of thioether (sulfide) groups is 1. The van der Waals surface area contributed by atoms with E-state index in [1.54, 1.807) is 12.3 Å². The van der Waals surface area contributed by atoms with Crippen LogP contribution in [-0.4, -0.2) is 50.6 Å². The Balaban J connectivity index is 1.58. The molecular formula is C20H23N5O4S2. The van der Waals surface area contributed by atoms with E-state index < -0.39 is 0 Å². The Kier molecular flexibility index (Phi) is 8.01. The lowest BCUT2D eigenvalue weighted by Gasteiger charge is -2.09. The van der Waals surface area contributed by atoms with Crippen LogP contribution in [0.15, 0.2) is 34.8 Å². The first-order chi connectivity index (χ1) is 15.0. The van der Waals surface area contributed by atoms with Gasteiger partial charge in [0.25, 0.3) is 0 Å². The highest BCUT2D eigenvalue weighted by atomic mass is 32.2. The van der Waals surface area contributed by atoms with Crippen LogP contribution >= 0.6 is 23.1 Å². The molecule has 31 heavy (non-hydrogen) atoms. The summed E-state index contributed by atoms with van der Waals surface area (Å²) in [7, 11) is 1.85. The fourth-order valence-electron chi connectivity index (χ4n) is 2.70. The Morgan fingerprint density at radius 1 is 1.19 bits per heavy atom. The molecule has 164 valence electrons. The van der Waals surface area contributed by atoms with Crippen molar-refractivity contribution in [1.82, 2.24) is 19.7 Å². The Morgan fingerprint density at radius 3 is 2.77 bits per heavy atom. The van der Waals surface area contributed by atoms with Crippen LogP contribution in [0.1, 0.15) is 19.5 Å². The zero-order valence-corrected chi connectivity index (χ0v) is 19.1. The van der Waals surface area contributed by atoms with E-state index in [1.165, 1.54) is 23.1 Å². The van der Waals surface area contributed by atoms with Crippen LogP contribution in [0.5, 0.6) is 5.75 Å². The highest BCUT2D eigenvalue weighted by molar-refractivity contribution is 7.99. The van der Waals surface area contributed by atoms with E-state index in [-0.39, 0.29) is 24.1 Å². The summed E-state index contributed by atoms with van der Waals surface area (Å²) in [6.07, 6.45) is 0.0832. The molecule has 0 bridgehead atoms. The van der Waals surface area contributed by atoms with Crippen LogP contribution in [0.25, 0.3) is 11.4 Å². The number of amides is 1. The average Bonchev–Trinajstić information content (AvgIpc) is 3.33. The fraction of sp³-hybridized carbons (Fsp3) is 0.350. The van der Waals surface area contributed by atoms with E-state index in [9.17, 15) is 9.59 Å². The van der Waals surface area contributed by atoms with Crippen molar-refractivity contribution in [3.05, 3.63) is 35.3 Å². The zero-order valence-electron chi connectivity index (χ0n) is 17.5. The lowest BCUT2D eigenvalue weighted by atomic mass is 10.2. The number of nitrogens with one attached hydrogen (secondary N) is 1. The van der Waals surface area contributed by atoms with Gasteiger partial charge in [0.15, 0.2) is 16.1 Å². The number of rotatable bonds is 10. The first-order valence-electron chi connectivity index (χ1n) is 9.66. The van der Waals surface area contributed by atoms with Crippen LogP contribution in [0.3, 0.4) is 0 Å². The number of carbonyl (C=O) groups is 2. The summed E-state index contributed by atoms with van der Waals surface area (Å²) in [4.78, 5) is 28.1. The Hall–Kier alpha value is -2.92. The molecule has 0 atom stereocenters. The zero-order chi connectivity index (χ0) is 22.2. The molecule has 1 amide bonds. The Labute approximate surface area is 188 Å². The van der Waals surface area contributed by atoms with E-state index in [0.29, 0.717) is 35.0 Å². The smallest absolute Gasteiger partial charge is 0.311 e. The van der Waals surface area contributed by atoms with Crippen LogP contribution in [0.2, 0.25) is 0 Å². The monoisotopic (exact) mass is 461 g/mol. The Bertz CT molecular complexity index is 1050. The summed E-state index contributed by atoms with van der Waals surface area (Å²) >= 11 is 2.54. The summed E-state index contributed by atoms with van der Waals surface area (Å²) in [6.45, 7) is 4.55. The number of nitrogens with zero attached hydrogens (tertiary/aromatic N) is 4. The molecule has 0 saturated carbocycles. The van der Waals surface area contributed by atoms with Gasteiger partial charge in [0.05, 0.1) is 36.6 Å². The SMILES string of the molecule is CCOC(=O)Cc1csc(NC(=O)CSc2nnc(-c3ccccc3OCC)n2C)n1. The van der Waals surface area contributed by atoms with Crippen molar-refractivity contribution in [2.24, 2.45) is 7.05 Å². The highest BCUT2D eigenvalue weighted by Gasteiger charge is 2.17. The van der Waals surface area contributed by atoms with Crippen LogP contribution in [-0.2, 0) is 27.8 Å². The topological polar surface area (TPSA) is 108 Å². The van der Waals surface area contributed by atoms with Crippen molar-refractivity contribution in [1.29, 1.82) is 0 Å². The second-order valence-electron chi connectivity index (χ2n) is 6.26. The van der Waals surface area contributed by atoms with E-state index >= 15 is 0 Å². The first kappa shape index (κ1) is 22.8. The second kappa shape index (κ2) is 10.9. The molecule has 0 fully saturated rings. The average molecular weight is 462 g/mol. The van der Waals surface area contributed by atoms with Crippen LogP contribution in [0.4, 0.5) is 5.13 Å². The van der Waals surface area contributed by atoms with Crippen molar-refractivity contribution in [2.45, 2.75) is 25.4 Å². The lowest BCUT2D eigenvalue weighted by molar-refractivity contribution is -0.142. The molecule has 2 heterocycles. The van der Waals surface area contributed by atoms with Crippen LogP contribution < -0.4 is 10.1 Å². The first-order valence-corrected chi connectivity index (χ1v) is 11.5. The molecule has 3 aromatic rings. The minimum Gasteiger partial charge on any atom is -0.493 e. The van der Waals surface area contributed by atoms with E-state index in [1.807, 2.05) is 42.8 Å². The molecule has 0 aliphatic carbocycles. The van der Waals surface area contributed by atoms with Gasteiger partial charge < -0.3 is 19.4 Å². The van der Waals surface area contributed by atoms with Crippen molar-refractivity contribution < 1.29 is 19.1 Å². The summed E-state index contributed by atoms with van der Waals surface area (Å²) in [6, 6.07) is 7.63. The van der Waals surface area contributed by atoms with Gasteiger partial charge in [0.2, 0.25) is 5.91 Å². The normalized spacial score (nSPS) is 10.7. The van der Waals surface area contributed by atoms with Gasteiger partial charge in [-0.15, -0.1) is 21.5 Å². The van der Waals surface area contributed by atoms with Gasteiger partial charge in [-0.2, -0.15) is 0 Å². The van der Waals surface area contributed by atoms with E-state index in [4.69, 9.17) is 9.47 Å². The van der Waals surface area contributed by atoms with Crippen molar-refractivity contribution >= 4 is 40.1 Å². The van der Waals surface area contributed by atoms with Gasteiger partial charge in [-0.25, -0.2) is 4.98 Å². The molecule has 0 radical (unpaired) electrons. The van der Waals surface area contributed by atoms with Gasteiger partial charge in [-0.1, -0.05) is 23.9 Å². The summed E-state index contributed by atoms with van der Waals surface area (Å²) in [5.74, 6) is 0.977. The molecular weight excluding hydrogens is 438 g/mol. The van der Waals surface area contributed by atoms with Crippen molar-refractivity contribution in [2.75, 3.05) is 24.3 Å². The largest absolute Gasteiger partial charge is 0.493 e. The van der Waals surface area contributed by atoms with Crippen molar-refractivity contribution in [3.63, 3.8) is 0 Å². The van der Waals surface area contributed by atoms with Gasteiger partial charge >= 0.3 is 5.97 Å². The minimum atomic E-state index is -0.342. The predicted octanol–water partition coefficient (Wildman–Crippen LogP) is 3.17. The maximum Gasteiger partial charge on any atom is 0.311 e. The molecule has 3 rings (SSSR count). The molecule has 1 aromatic carbocycles. The molecule has 2 aromatic heterocycles. The number of para-hydroxylation sites is 1. The third-order valence-electron chi connectivity index (χ3n) is 4.02. The molecule has 0 saturated heterocycles. The van der Waals surface area contributed by atoms with Gasteiger partial charge in [-0.3, -0.25) is 9.59 Å². The number of esters is 1. The number of ether oxygens (including phenoxy) is 2. The second-order valence-corrected chi connectivity index (χ2v) is 8.06. The summed E-state index contributed by atoms with van der Waals surface area (Å²) < 4.78 is 12.4. The molecule has 1 N–H and O–H groups in total.